The van der Waals surface area contributed by atoms with Crippen LogP contribution in [0.25, 0.3) is 0 Å². The van der Waals surface area contributed by atoms with E-state index in [1.807, 2.05) is 0 Å². The Balaban J connectivity index is 0. The van der Waals surface area contributed by atoms with Gasteiger partial charge in [0.1, 0.15) is 0 Å². The standard InChI is InChI=1S/2Ce.Li.O/q2*+3;+1;-2. The topological polar surface area (TPSA) is 28.5 Å². The molecule has 0 aliphatic heterocycles. The number of hydrogen-bond donors (Lipinski definition) is 0. The zero-order valence-electron chi connectivity index (χ0n) is 2.41. The molecule has 0 aromatic carbocycles. The van der Waals surface area contributed by atoms with Gasteiger partial charge < -0.3 is 5.48 Å². The third-order valence-electron chi connectivity index (χ3n) is 0. The molecule has 0 fully saturated rings. The van der Waals surface area contributed by atoms with Crippen LogP contribution in [0.4, 0.5) is 0 Å². The molecule has 0 amide bonds. The van der Waals surface area contributed by atoms with Gasteiger partial charge in [0.15, 0.2) is 0 Å². The van der Waals surface area contributed by atoms with Crippen molar-refractivity contribution in [2.75, 3.05) is 0 Å². The predicted molar refractivity (Wildman–Crippen MR) is 0.686 cm³/mol. The average molecular weight is 303 g/mol. The van der Waals surface area contributed by atoms with Gasteiger partial charge in [-0.2, -0.15) is 0 Å². The third-order valence-corrected chi connectivity index (χ3v) is 0. The van der Waals surface area contributed by atoms with E-state index in [0.29, 0.717) is 0 Å². The Kier molecular flexibility index (Phi) is 108. The van der Waals surface area contributed by atoms with E-state index in [4.69, 9.17) is 0 Å². The molecular formula is Ce2LiO+5. The fourth-order valence-corrected chi connectivity index (χ4v) is 0. The van der Waals surface area contributed by atoms with E-state index >= 15 is 0 Å². The minimum Gasteiger partial charge on any atom is -2.00 e. The van der Waals surface area contributed by atoms with Crippen molar-refractivity contribution in [2.24, 2.45) is 0 Å². The first-order chi connectivity index (χ1) is 0. The summed E-state index contributed by atoms with van der Waals surface area (Å²) in [6.07, 6.45) is 0. The average Bonchev–Trinajstić information content (AvgIpc) is 0. The summed E-state index contributed by atoms with van der Waals surface area (Å²) in [7, 11) is 0. The van der Waals surface area contributed by atoms with Crippen LogP contribution in [0, 0.1) is 83.5 Å². The molecule has 0 aliphatic rings. The van der Waals surface area contributed by atoms with Crippen molar-refractivity contribution in [3.63, 3.8) is 0 Å². The van der Waals surface area contributed by atoms with Gasteiger partial charge in [-0.3, -0.25) is 0 Å². The Morgan fingerprint density at radius 1 is 0.750 bits per heavy atom. The molecule has 0 aromatic heterocycles. The fraction of sp³-hybridized carbons (Fsp3) is 0. The van der Waals surface area contributed by atoms with Gasteiger partial charge in [-0.15, -0.1) is 0 Å². The normalized spacial score (nSPS) is 0. The van der Waals surface area contributed by atoms with Gasteiger partial charge in [0, 0.05) is 0 Å². The molecule has 0 rings (SSSR count). The van der Waals surface area contributed by atoms with E-state index in [-0.39, 0.29) is 108 Å². The van der Waals surface area contributed by atoms with Gasteiger partial charge in [-0.05, 0) is 0 Å². The monoisotopic (exact) mass is 303 g/mol. The van der Waals surface area contributed by atoms with E-state index in [1.54, 1.807) is 0 Å². The van der Waals surface area contributed by atoms with Gasteiger partial charge in [0.2, 0.25) is 0 Å². The first-order valence-electron chi connectivity index (χ1n) is 0. The van der Waals surface area contributed by atoms with E-state index < -0.39 is 0 Å². The molecule has 2 radical (unpaired) electrons. The second-order valence-electron chi connectivity index (χ2n) is 0. The molecule has 0 aromatic rings. The molecule has 0 N–H and O–H groups in total. The smallest absolute Gasteiger partial charge is 2.00 e. The van der Waals surface area contributed by atoms with Crippen molar-refractivity contribution < 1.29 is 108 Å². The summed E-state index contributed by atoms with van der Waals surface area (Å²) in [5.41, 5.74) is 0. The molecule has 4 heteroatoms. The molecule has 0 aliphatic carbocycles. The zero-order chi connectivity index (χ0) is 0. The largest absolute Gasteiger partial charge is 3.00 e. The summed E-state index contributed by atoms with van der Waals surface area (Å²) < 4.78 is 0. The maximum absolute atomic E-state index is 0. The molecule has 0 spiro atoms. The molecule has 0 heterocycles. The van der Waals surface area contributed by atoms with Crippen LogP contribution >= 0.6 is 0 Å². The van der Waals surface area contributed by atoms with Crippen LogP contribution < -0.4 is 18.9 Å². The Labute approximate surface area is 105 Å². The van der Waals surface area contributed by atoms with Crippen molar-refractivity contribution in [3.8, 4) is 0 Å². The molecule has 0 bridgehead atoms. The summed E-state index contributed by atoms with van der Waals surface area (Å²) in [4.78, 5) is 0. The molecule has 0 saturated heterocycles. The van der Waals surface area contributed by atoms with Crippen molar-refractivity contribution in [1.29, 1.82) is 0 Å². The van der Waals surface area contributed by atoms with E-state index in [0.717, 1.165) is 0 Å². The summed E-state index contributed by atoms with van der Waals surface area (Å²) in [5, 5.41) is 0. The Bertz CT molecular complexity index is 6.00. The number of rotatable bonds is 0. The van der Waals surface area contributed by atoms with Crippen LogP contribution in [0.5, 0.6) is 0 Å². The van der Waals surface area contributed by atoms with E-state index in [2.05, 4.69) is 0 Å². The van der Waals surface area contributed by atoms with Crippen molar-refractivity contribution in [1.82, 2.24) is 0 Å². The minimum atomic E-state index is 0. The fourth-order valence-electron chi connectivity index (χ4n) is 0. The summed E-state index contributed by atoms with van der Waals surface area (Å²) >= 11 is 0. The SMILES string of the molecule is [Ce+3].[Ce+3].[Li+].[O-2]. The van der Waals surface area contributed by atoms with Crippen molar-refractivity contribution >= 4 is 0 Å². The Hall–Kier alpha value is 3.31. The first kappa shape index (κ1) is 26.6. The molecule has 0 saturated carbocycles. The summed E-state index contributed by atoms with van der Waals surface area (Å²) in [6, 6.07) is 0. The Morgan fingerprint density at radius 2 is 0.750 bits per heavy atom. The molecular weight excluding hydrogens is 303 g/mol. The molecule has 0 atom stereocenters. The van der Waals surface area contributed by atoms with Crippen molar-refractivity contribution in [2.45, 2.75) is 0 Å². The van der Waals surface area contributed by atoms with Crippen LogP contribution in [0.2, 0.25) is 0 Å². The quantitative estimate of drug-likeness (QED) is 0.424. The van der Waals surface area contributed by atoms with Crippen LogP contribution in [0.3, 0.4) is 0 Å². The molecule has 10 valence electrons. The van der Waals surface area contributed by atoms with Crippen LogP contribution in [-0.2, 0) is 5.48 Å². The molecule has 1 nitrogen and oxygen atoms in total. The minimum absolute atomic E-state index is 0. The van der Waals surface area contributed by atoms with Gasteiger partial charge in [-0.1, -0.05) is 0 Å². The second kappa shape index (κ2) is 16.2. The third kappa shape index (κ3) is 9.00. The maximum Gasteiger partial charge on any atom is 3.00 e. The number of hydrogen-bond acceptors (Lipinski definition) is 0. The predicted octanol–water partition coefficient (Wildman–Crippen LogP) is -3.11. The van der Waals surface area contributed by atoms with E-state index in [1.165, 1.54) is 0 Å². The summed E-state index contributed by atoms with van der Waals surface area (Å²) in [5.74, 6) is 0. The van der Waals surface area contributed by atoms with Gasteiger partial charge in [0.05, 0.1) is 0 Å². The summed E-state index contributed by atoms with van der Waals surface area (Å²) in [6.45, 7) is 0. The zero-order valence-corrected chi connectivity index (χ0v) is 8.69. The first-order valence-corrected chi connectivity index (χ1v) is 0. The molecule has 4 heavy (non-hydrogen) atoms. The van der Waals surface area contributed by atoms with Crippen LogP contribution in [-0.4, -0.2) is 0 Å². The maximum atomic E-state index is 0. The van der Waals surface area contributed by atoms with Gasteiger partial charge in [0.25, 0.3) is 0 Å². The second-order valence-corrected chi connectivity index (χ2v) is 0. The van der Waals surface area contributed by atoms with Gasteiger partial charge in [-0.25, -0.2) is 0 Å². The Morgan fingerprint density at radius 3 is 0.750 bits per heavy atom. The van der Waals surface area contributed by atoms with Gasteiger partial charge >= 0.3 is 102 Å². The van der Waals surface area contributed by atoms with E-state index in [9.17, 15) is 0 Å². The van der Waals surface area contributed by atoms with Crippen molar-refractivity contribution in [3.05, 3.63) is 0 Å². The van der Waals surface area contributed by atoms with Crippen LogP contribution in [0.15, 0.2) is 0 Å². The molecule has 0 unspecified atom stereocenters. The van der Waals surface area contributed by atoms with Crippen LogP contribution in [0.1, 0.15) is 0 Å².